The molecule has 0 heterocycles. The molecule has 0 radical (unpaired) electrons. The molecule has 1 aliphatic rings. The van der Waals surface area contributed by atoms with Gasteiger partial charge >= 0.3 is 0 Å². The standard InChI is InChI=1S/C15H18BI/c1-12-4-3-5-13(7-6-12)16(2)14-8-10-15(17)11-9-14/h6-11H,3-5H2,1-2H3. The average Bonchev–Trinajstić information content (AvgIpc) is 2.54. The number of allylic oxidation sites excluding steroid dienone is 4. The molecule has 0 nitrogen and oxygen atoms in total. The first kappa shape index (κ1) is 12.9. The van der Waals surface area contributed by atoms with Crippen molar-refractivity contribution in [2.24, 2.45) is 0 Å². The second kappa shape index (κ2) is 5.90. The van der Waals surface area contributed by atoms with Crippen LogP contribution in [0, 0.1) is 3.57 Å². The summed E-state index contributed by atoms with van der Waals surface area (Å²) in [7, 11) is 0. The van der Waals surface area contributed by atoms with Gasteiger partial charge in [-0.1, -0.05) is 47.6 Å². The Morgan fingerprint density at radius 2 is 1.76 bits per heavy atom. The Kier molecular flexibility index (Phi) is 4.49. The number of hydrogen-bond acceptors (Lipinski definition) is 0. The van der Waals surface area contributed by atoms with Crippen LogP contribution in [0.3, 0.4) is 0 Å². The fraction of sp³-hybridized carbons (Fsp3) is 0.333. The van der Waals surface area contributed by atoms with Gasteiger partial charge in [0, 0.05) is 3.57 Å². The van der Waals surface area contributed by atoms with Crippen LogP contribution >= 0.6 is 22.6 Å². The van der Waals surface area contributed by atoms with Crippen molar-refractivity contribution in [2.75, 3.05) is 0 Å². The van der Waals surface area contributed by atoms with Crippen LogP contribution in [0.15, 0.2) is 47.5 Å². The van der Waals surface area contributed by atoms with Crippen molar-refractivity contribution in [3.8, 4) is 0 Å². The molecule has 0 saturated carbocycles. The Labute approximate surface area is 118 Å². The average molecular weight is 336 g/mol. The van der Waals surface area contributed by atoms with Gasteiger partial charge in [-0.25, -0.2) is 0 Å². The van der Waals surface area contributed by atoms with Gasteiger partial charge in [0.1, 0.15) is 0 Å². The largest absolute Gasteiger partial charge is 0.201 e. The summed E-state index contributed by atoms with van der Waals surface area (Å²) in [5.41, 5.74) is 4.52. The lowest BCUT2D eigenvalue weighted by Crippen LogP contribution is -2.29. The number of hydrogen-bond donors (Lipinski definition) is 0. The predicted molar refractivity (Wildman–Crippen MR) is 86.1 cm³/mol. The van der Waals surface area contributed by atoms with E-state index in [-0.39, 0.29) is 0 Å². The van der Waals surface area contributed by atoms with E-state index in [1.165, 1.54) is 33.9 Å². The van der Waals surface area contributed by atoms with Crippen LogP contribution < -0.4 is 5.46 Å². The van der Waals surface area contributed by atoms with Crippen LogP contribution in [0.4, 0.5) is 0 Å². The summed E-state index contributed by atoms with van der Waals surface area (Å²) in [6.45, 7) is 5.10. The monoisotopic (exact) mass is 336 g/mol. The van der Waals surface area contributed by atoms with E-state index in [4.69, 9.17) is 0 Å². The van der Waals surface area contributed by atoms with Crippen LogP contribution in [0.1, 0.15) is 26.2 Å². The number of benzene rings is 1. The molecule has 0 bridgehead atoms. The van der Waals surface area contributed by atoms with Gasteiger partial charge in [-0.2, -0.15) is 0 Å². The molecule has 0 unspecified atom stereocenters. The molecule has 0 aromatic heterocycles. The molecule has 0 atom stereocenters. The zero-order chi connectivity index (χ0) is 12.3. The Morgan fingerprint density at radius 1 is 1.06 bits per heavy atom. The molecule has 0 spiro atoms. The topological polar surface area (TPSA) is 0 Å². The van der Waals surface area contributed by atoms with E-state index in [9.17, 15) is 0 Å². The maximum Gasteiger partial charge on any atom is 0.201 e. The van der Waals surface area contributed by atoms with Gasteiger partial charge in [-0.05, 0) is 60.9 Å². The van der Waals surface area contributed by atoms with Crippen molar-refractivity contribution in [1.29, 1.82) is 0 Å². The highest BCUT2D eigenvalue weighted by Crippen LogP contribution is 2.19. The van der Waals surface area contributed by atoms with Crippen LogP contribution in [-0.4, -0.2) is 6.71 Å². The zero-order valence-electron chi connectivity index (χ0n) is 10.5. The summed E-state index contributed by atoms with van der Waals surface area (Å²) in [6.07, 6.45) is 8.42. The molecule has 0 N–H and O–H groups in total. The van der Waals surface area contributed by atoms with Crippen molar-refractivity contribution < 1.29 is 0 Å². The van der Waals surface area contributed by atoms with Crippen molar-refractivity contribution in [1.82, 2.24) is 0 Å². The second-order valence-corrected chi connectivity index (χ2v) is 6.13. The van der Waals surface area contributed by atoms with E-state index in [1.54, 1.807) is 5.47 Å². The Balaban J connectivity index is 2.19. The van der Waals surface area contributed by atoms with Crippen molar-refractivity contribution in [2.45, 2.75) is 33.0 Å². The third kappa shape index (κ3) is 3.48. The van der Waals surface area contributed by atoms with Gasteiger partial charge in [-0.3, -0.25) is 0 Å². The summed E-state index contributed by atoms with van der Waals surface area (Å²) < 4.78 is 1.31. The summed E-state index contributed by atoms with van der Waals surface area (Å²) in [6, 6.07) is 8.92. The Hall–Kier alpha value is -0.505. The molecule has 2 heteroatoms. The second-order valence-electron chi connectivity index (χ2n) is 4.88. The lowest BCUT2D eigenvalue weighted by atomic mass is 9.41. The molecule has 1 aromatic carbocycles. The normalized spacial score (nSPS) is 15.9. The molecular weight excluding hydrogens is 318 g/mol. The molecule has 0 saturated heterocycles. The molecule has 2 rings (SSSR count). The highest BCUT2D eigenvalue weighted by atomic mass is 127. The third-order valence-electron chi connectivity index (χ3n) is 3.54. The van der Waals surface area contributed by atoms with Crippen LogP contribution in [-0.2, 0) is 0 Å². The molecule has 1 aromatic rings. The lowest BCUT2D eigenvalue weighted by molar-refractivity contribution is 0.832. The highest BCUT2D eigenvalue weighted by molar-refractivity contribution is 14.1. The SMILES string of the molecule is CB(C1=CC=C(C)CCC1)c1ccc(I)cc1. The molecular formula is C15H18BI. The maximum absolute atomic E-state index is 2.36. The van der Waals surface area contributed by atoms with Gasteiger partial charge in [0.15, 0.2) is 0 Å². The highest BCUT2D eigenvalue weighted by Gasteiger charge is 2.16. The predicted octanol–water partition coefficient (Wildman–Crippen LogP) is 4.22. The van der Waals surface area contributed by atoms with E-state index < -0.39 is 0 Å². The molecule has 88 valence electrons. The quantitative estimate of drug-likeness (QED) is 0.560. The van der Waals surface area contributed by atoms with Gasteiger partial charge in [0.05, 0.1) is 0 Å². The van der Waals surface area contributed by atoms with E-state index in [0.717, 1.165) is 0 Å². The Morgan fingerprint density at radius 3 is 2.47 bits per heavy atom. The fourth-order valence-electron chi connectivity index (χ4n) is 2.31. The summed E-state index contributed by atoms with van der Waals surface area (Å²) in [5, 5.41) is 0. The number of rotatable bonds is 2. The van der Waals surface area contributed by atoms with Crippen LogP contribution in [0.2, 0.25) is 6.82 Å². The van der Waals surface area contributed by atoms with E-state index in [0.29, 0.717) is 6.71 Å². The van der Waals surface area contributed by atoms with Gasteiger partial charge in [-0.15, -0.1) is 0 Å². The minimum Gasteiger partial charge on any atom is -0.0958 e. The zero-order valence-corrected chi connectivity index (χ0v) is 12.7. The van der Waals surface area contributed by atoms with E-state index >= 15 is 0 Å². The van der Waals surface area contributed by atoms with E-state index in [2.05, 4.69) is 72.8 Å². The van der Waals surface area contributed by atoms with Crippen LogP contribution in [0.5, 0.6) is 0 Å². The number of halogens is 1. The third-order valence-corrected chi connectivity index (χ3v) is 4.26. The summed E-state index contributed by atoms with van der Waals surface area (Å²) >= 11 is 2.36. The van der Waals surface area contributed by atoms with Crippen molar-refractivity contribution in [3.63, 3.8) is 0 Å². The first-order chi connectivity index (χ1) is 8.16. The molecule has 0 fully saturated rings. The van der Waals surface area contributed by atoms with Crippen molar-refractivity contribution >= 4 is 34.8 Å². The minimum absolute atomic E-state index is 0.550. The molecule has 1 aliphatic carbocycles. The molecule has 17 heavy (non-hydrogen) atoms. The van der Waals surface area contributed by atoms with Gasteiger partial charge < -0.3 is 0 Å². The Bertz CT molecular complexity index is 442. The van der Waals surface area contributed by atoms with Gasteiger partial charge in [0.25, 0.3) is 0 Å². The first-order valence-electron chi connectivity index (χ1n) is 6.28. The molecule has 0 amide bonds. The van der Waals surface area contributed by atoms with Crippen LogP contribution in [0.25, 0.3) is 0 Å². The van der Waals surface area contributed by atoms with Gasteiger partial charge in [0.2, 0.25) is 6.71 Å². The fourth-order valence-corrected chi connectivity index (χ4v) is 2.67. The van der Waals surface area contributed by atoms with Crippen molar-refractivity contribution in [3.05, 3.63) is 51.0 Å². The smallest absolute Gasteiger partial charge is 0.0958 e. The molecule has 0 aliphatic heterocycles. The maximum atomic E-state index is 2.36. The minimum atomic E-state index is 0.550. The summed E-state index contributed by atoms with van der Waals surface area (Å²) in [5.74, 6) is 0. The summed E-state index contributed by atoms with van der Waals surface area (Å²) in [4.78, 5) is 0. The van der Waals surface area contributed by atoms with E-state index in [1.807, 2.05) is 0 Å². The first-order valence-corrected chi connectivity index (χ1v) is 7.36. The lowest BCUT2D eigenvalue weighted by Gasteiger charge is -2.12.